The molecule has 1 saturated heterocycles. The van der Waals surface area contributed by atoms with Crippen molar-refractivity contribution >= 4 is 11.8 Å². The van der Waals surface area contributed by atoms with Gasteiger partial charge in [0.15, 0.2) is 5.79 Å². The van der Waals surface area contributed by atoms with Crippen molar-refractivity contribution in [1.82, 2.24) is 10.2 Å². The molecule has 8 heteroatoms. The van der Waals surface area contributed by atoms with Gasteiger partial charge in [0.25, 0.3) is 0 Å². The number of amides is 2. The van der Waals surface area contributed by atoms with Crippen molar-refractivity contribution in [2.75, 3.05) is 20.2 Å². The predicted octanol–water partition coefficient (Wildman–Crippen LogP) is 1.16. The first kappa shape index (κ1) is 23.5. The van der Waals surface area contributed by atoms with Gasteiger partial charge in [0.05, 0.1) is 12.7 Å². The van der Waals surface area contributed by atoms with E-state index >= 15 is 0 Å². The van der Waals surface area contributed by atoms with E-state index in [9.17, 15) is 14.7 Å². The number of ether oxygens (including phenoxy) is 2. The summed E-state index contributed by atoms with van der Waals surface area (Å²) < 4.78 is 12.8. The number of fused-ring (bicyclic) bond motifs is 1. The van der Waals surface area contributed by atoms with Crippen LogP contribution < -0.4 is 5.32 Å². The molecule has 0 radical (unpaired) electrons. The summed E-state index contributed by atoms with van der Waals surface area (Å²) in [5.74, 6) is -0.504. The summed E-state index contributed by atoms with van der Waals surface area (Å²) in [4.78, 5) is 27.9. The highest BCUT2D eigenvalue weighted by molar-refractivity contribution is 5.97. The van der Waals surface area contributed by atoms with Crippen LogP contribution in [0.25, 0.3) is 0 Å². The molecule has 4 atom stereocenters. The normalized spacial score (nSPS) is 28.6. The average molecular weight is 471 g/mol. The molecular formula is C26H34N2O6. The van der Waals surface area contributed by atoms with E-state index in [0.717, 1.165) is 31.2 Å². The van der Waals surface area contributed by atoms with E-state index < -0.39 is 30.1 Å². The minimum Gasteiger partial charge on any atom is -0.395 e. The first-order chi connectivity index (χ1) is 16.4. The number of carbonyl (C=O) groups excluding carboxylic acids is 2. The number of likely N-dealkylation sites (N-methyl/N-ethyl adjacent to an activating group) is 1. The van der Waals surface area contributed by atoms with E-state index in [1.807, 2.05) is 30.3 Å². The number of aliphatic hydroxyl groups is 2. The van der Waals surface area contributed by atoms with Crippen molar-refractivity contribution in [1.29, 1.82) is 0 Å². The van der Waals surface area contributed by atoms with Gasteiger partial charge >= 0.3 is 0 Å². The number of nitrogens with one attached hydrogen (secondary N) is 1. The van der Waals surface area contributed by atoms with Crippen LogP contribution in [0.5, 0.6) is 0 Å². The maximum absolute atomic E-state index is 13.5. The summed E-state index contributed by atoms with van der Waals surface area (Å²) in [6.07, 6.45) is 4.85. The van der Waals surface area contributed by atoms with Crippen molar-refractivity contribution in [3.63, 3.8) is 0 Å². The number of nitrogens with zero attached hydrogens (tertiary/aromatic N) is 1. The van der Waals surface area contributed by atoms with Crippen LogP contribution in [0.3, 0.4) is 0 Å². The van der Waals surface area contributed by atoms with Crippen LogP contribution in [0.15, 0.2) is 42.0 Å². The van der Waals surface area contributed by atoms with Gasteiger partial charge < -0.3 is 29.9 Å². The summed E-state index contributed by atoms with van der Waals surface area (Å²) in [6.45, 7) is -0.0597. The number of aliphatic hydroxyl groups excluding tert-OH is 2. The smallest absolute Gasteiger partial charge is 0.250 e. The molecule has 4 aliphatic rings. The van der Waals surface area contributed by atoms with Gasteiger partial charge in [-0.05, 0) is 37.3 Å². The molecule has 5 rings (SSSR count). The Morgan fingerprint density at radius 2 is 1.82 bits per heavy atom. The Bertz CT molecular complexity index is 930. The third kappa shape index (κ3) is 4.52. The Labute approximate surface area is 199 Å². The zero-order chi connectivity index (χ0) is 23.9. The van der Waals surface area contributed by atoms with Crippen LogP contribution in [-0.4, -0.2) is 77.3 Å². The Morgan fingerprint density at radius 1 is 1.15 bits per heavy atom. The van der Waals surface area contributed by atoms with E-state index in [1.54, 1.807) is 13.1 Å². The van der Waals surface area contributed by atoms with Crippen LogP contribution in [0.1, 0.15) is 37.7 Å². The van der Waals surface area contributed by atoms with Gasteiger partial charge in [0, 0.05) is 43.8 Å². The highest BCUT2D eigenvalue weighted by Crippen LogP contribution is 2.59. The van der Waals surface area contributed by atoms with Crippen LogP contribution >= 0.6 is 0 Å². The van der Waals surface area contributed by atoms with Crippen LogP contribution in [0.4, 0.5) is 0 Å². The lowest BCUT2D eigenvalue weighted by Crippen LogP contribution is -2.51. The largest absolute Gasteiger partial charge is 0.395 e. The Balaban J connectivity index is 1.34. The number of hydrogen-bond donors (Lipinski definition) is 3. The molecule has 34 heavy (non-hydrogen) atoms. The first-order valence-corrected chi connectivity index (χ1v) is 12.4. The van der Waals surface area contributed by atoms with E-state index in [2.05, 4.69) is 5.32 Å². The van der Waals surface area contributed by atoms with Crippen LogP contribution in [-0.2, 0) is 25.5 Å². The SMILES string of the molecule is CN(C(=O)C1=C[C@H]2OC(C3CC3)(C3CC3)O[C@H]2[C@H](O)C1)[C@H](Cc1ccccc1)C(=O)NCCO. The van der Waals surface area contributed by atoms with Crippen molar-refractivity contribution in [3.05, 3.63) is 47.5 Å². The molecule has 2 amide bonds. The van der Waals surface area contributed by atoms with Crippen LogP contribution in [0.2, 0.25) is 0 Å². The lowest BCUT2D eigenvalue weighted by Gasteiger charge is -2.32. The third-order valence-electron chi connectivity index (χ3n) is 7.48. The van der Waals surface area contributed by atoms with Gasteiger partial charge in [0.2, 0.25) is 11.8 Å². The maximum atomic E-state index is 13.5. The molecular weight excluding hydrogens is 436 g/mol. The van der Waals surface area contributed by atoms with Gasteiger partial charge in [0.1, 0.15) is 18.2 Å². The molecule has 1 heterocycles. The Morgan fingerprint density at radius 3 is 2.44 bits per heavy atom. The zero-order valence-corrected chi connectivity index (χ0v) is 19.6. The molecule has 3 aliphatic carbocycles. The molecule has 1 aromatic rings. The highest BCUT2D eigenvalue weighted by Gasteiger charge is 2.64. The maximum Gasteiger partial charge on any atom is 0.250 e. The molecule has 1 aliphatic heterocycles. The van der Waals surface area contributed by atoms with Gasteiger partial charge in [-0.25, -0.2) is 0 Å². The molecule has 2 saturated carbocycles. The lowest BCUT2D eigenvalue weighted by molar-refractivity contribution is -0.209. The Hall–Kier alpha value is -2.26. The second-order valence-electron chi connectivity index (χ2n) is 10.0. The predicted molar refractivity (Wildman–Crippen MR) is 123 cm³/mol. The molecule has 0 unspecified atom stereocenters. The summed E-state index contributed by atoms with van der Waals surface area (Å²) in [7, 11) is 1.61. The minimum atomic E-state index is -0.836. The van der Waals surface area contributed by atoms with Crippen LogP contribution in [0, 0.1) is 11.8 Å². The molecule has 8 nitrogen and oxygen atoms in total. The summed E-state index contributed by atoms with van der Waals surface area (Å²) in [5, 5.41) is 22.7. The number of benzene rings is 1. The summed E-state index contributed by atoms with van der Waals surface area (Å²) >= 11 is 0. The van der Waals surface area contributed by atoms with Gasteiger partial charge in [-0.1, -0.05) is 30.3 Å². The highest BCUT2D eigenvalue weighted by atomic mass is 16.8. The fourth-order valence-electron chi connectivity index (χ4n) is 5.38. The molecule has 1 aromatic carbocycles. The van der Waals surface area contributed by atoms with E-state index in [1.165, 1.54) is 4.90 Å². The molecule has 0 bridgehead atoms. The fourth-order valence-corrected chi connectivity index (χ4v) is 5.38. The van der Waals surface area contributed by atoms with Crippen molar-refractivity contribution in [2.45, 2.75) is 68.7 Å². The number of hydrogen-bond acceptors (Lipinski definition) is 6. The van der Waals surface area contributed by atoms with Gasteiger partial charge in [-0.2, -0.15) is 0 Å². The van der Waals surface area contributed by atoms with Crippen molar-refractivity contribution in [2.24, 2.45) is 11.8 Å². The van der Waals surface area contributed by atoms with Gasteiger partial charge in [-0.3, -0.25) is 9.59 Å². The van der Waals surface area contributed by atoms with E-state index in [4.69, 9.17) is 14.6 Å². The minimum absolute atomic E-state index is 0.118. The molecule has 3 fully saturated rings. The molecule has 0 spiro atoms. The van der Waals surface area contributed by atoms with E-state index in [-0.39, 0.29) is 31.4 Å². The second kappa shape index (κ2) is 9.41. The fraction of sp³-hybridized carbons (Fsp3) is 0.615. The standard InChI is InChI=1S/C26H34N2O6/c1-28(20(24(31)27-11-12-29)13-16-5-3-2-4-6-16)25(32)17-14-21(30)23-22(15-17)33-26(34-23,18-7-8-18)19-9-10-19/h2-6,15,18-23,29-30H,7-14H2,1H3,(H,27,31)/t20-,21-,22-,23+/m1/s1. The van der Waals surface area contributed by atoms with Gasteiger partial charge in [-0.15, -0.1) is 0 Å². The summed E-state index contributed by atoms with van der Waals surface area (Å²) in [5.41, 5.74) is 1.37. The number of carbonyl (C=O) groups is 2. The molecule has 184 valence electrons. The number of rotatable bonds is 9. The quantitative estimate of drug-likeness (QED) is 0.500. The third-order valence-corrected chi connectivity index (χ3v) is 7.48. The average Bonchev–Trinajstić information content (AvgIpc) is 3.77. The monoisotopic (exact) mass is 470 g/mol. The lowest BCUT2D eigenvalue weighted by atomic mass is 9.91. The Kier molecular flexibility index (Phi) is 6.50. The topological polar surface area (TPSA) is 108 Å². The first-order valence-electron chi connectivity index (χ1n) is 12.4. The zero-order valence-electron chi connectivity index (χ0n) is 19.6. The summed E-state index contributed by atoms with van der Waals surface area (Å²) in [6, 6.07) is 8.76. The molecule has 0 aromatic heterocycles. The van der Waals surface area contributed by atoms with E-state index in [0.29, 0.717) is 23.8 Å². The molecule has 3 N–H and O–H groups in total. The van der Waals surface area contributed by atoms with Crippen molar-refractivity contribution in [3.8, 4) is 0 Å². The van der Waals surface area contributed by atoms with Crippen molar-refractivity contribution < 1.29 is 29.3 Å². The second-order valence-corrected chi connectivity index (χ2v) is 10.0.